The van der Waals surface area contributed by atoms with E-state index in [4.69, 9.17) is 12.6 Å². The molecule has 1 aliphatic heterocycles. The minimum absolute atomic E-state index is 0.138. The second-order valence-electron chi connectivity index (χ2n) is 5.07. The minimum Gasteiger partial charge on any atom is -0.424 e. The summed E-state index contributed by atoms with van der Waals surface area (Å²) < 4.78 is 5.41. The number of allylic oxidation sites excluding steroid dienone is 1. The van der Waals surface area contributed by atoms with Crippen LogP contribution in [0.5, 0.6) is 5.75 Å². The Bertz CT molecular complexity index is 626. The number of carbonyl (C=O) groups excluding carboxylic acids is 3. The second kappa shape index (κ2) is 7.07. The van der Waals surface area contributed by atoms with Crippen molar-refractivity contribution in [1.82, 2.24) is 4.90 Å². The number of nitrogens with zero attached hydrogens (tertiary/aromatic N) is 1. The fraction of sp³-hybridized carbons (Fsp3) is 0.312. The molecule has 5 nitrogen and oxygen atoms in total. The molecule has 0 saturated carbocycles. The Hall–Kier alpha value is -2.37. The van der Waals surface area contributed by atoms with Gasteiger partial charge in [0.1, 0.15) is 11.8 Å². The van der Waals surface area contributed by atoms with Gasteiger partial charge >= 0.3 is 5.97 Å². The maximum Gasteiger partial charge on any atom is 0.334 e. The Balaban J connectivity index is 2.15. The first-order valence-corrected chi connectivity index (χ1v) is 7.04. The van der Waals surface area contributed by atoms with Crippen LogP contribution in [0.1, 0.15) is 25.3 Å². The SMILES string of the molecule is [B]C(=O)/C=C/c1ccccc1OC(=O)C1CCCN1C(C)=O. The van der Waals surface area contributed by atoms with Crippen LogP contribution in [-0.4, -0.2) is 42.9 Å². The molecule has 1 atom stereocenters. The van der Waals surface area contributed by atoms with E-state index < -0.39 is 17.7 Å². The van der Waals surface area contributed by atoms with Crippen molar-refractivity contribution in [3.8, 4) is 5.75 Å². The fourth-order valence-electron chi connectivity index (χ4n) is 2.45. The first kappa shape index (κ1) is 16.0. The van der Waals surface area contributed by atoms with Crippen molar-refractivity contribution in [2.24, 2.45) is 0 Å². The molecule has 22 heavy (non-hydrogen) atoms. The number of likely N-dealkylation sites (tertiary alicyclic amines) is 1. The van der Waals surface area contributed by atoms with E-state index in [9.17, 15) is 14.4 Å². The lowest BCUT2D eigenvalue weighted by Gasteiger charge is -2.21. The van der Waals surface area contributed by atoms with Crippen LogP contribution < -0.4 is 4.74 Å². The summed E-state index contributed by atoms with van der Waals surface area (Å²) in [7, 11) is 5.07. The highest BCUT2D eigenvalue weighted by molar-refractivity contribution is 6.61. The van der Waals surface area contributed by atoms with Gasteiger partial charge in [-0.1, -0.05) is 18.2 Å². The molecule has 1 unspecified atom stereocenters. The summed E-state index contributed by atoms with van der Waals surface area (Å²) in [5, 5.41) is 0. The highest BCUT2D eigenvalue weighted by Gasteiger charge is 2.34. The zero-order chi connectivity index (χ0) is 16.1. The van der Waals surface area contributed by atoms with Crippen molar-refractivity contribution in [3.05, 3.63) is 35.9 Å². The van der Waals surface area contributed by atoms with E-state index in [1.54, 1.807) is 24.3 Å². The van der Waals surface area contributed by atoms with Gasteiger partial charge in [0, 0.05) is 19.0 Å². The molecule has 1 aliphatic rings. The lowest BCUT2D eigenvalue weighted by Crippen LogP contribution is -2.41. The number of rotatable bonds is 4. The topological polar surface area (TPSA) is 63.7 Å². The third-order valence-corrected chi connectivity index (χ3v) is 3.49. The van der Waals surface area contributed by atoms with Gasteiger partial charge in [0.2, 0.25) is 5.91 Å². The van der Waals surface area contributed by atoms with Crippen LogP contribution in [0.4, 0.5) is 0 Å². The smallest absolute Gasteiger partial charge is 0.334 e. The van der Waals surface area contributed by atoms with Crippen molar-refractivity contribution in [1.29, 1.82) is 0 Å². The largest absolute Gasteiger partial charge is 0.424 e. The van der Waals surface area contributed by atoms with Gasteiger partial charge in [0.25, 0.3) is 0 Å². The van der Waals surface area contributed by atoms with E-state index in [1.807, 2.05) is 0 Å². The standard InChI is InChI=1S/C16H16BNO4/c1-11(19)18-10-4-6-13(18)16(21)22-14-7-3-2-5-12(14)8-9-15(17)20/h2-3,5,7-9,13H,4,6,10H2,1H3/b9-8+. The summed E-state index contributed by atoms with van der Waals surface area (Å²) in [6.45, 7) is 2.01. The van der Waals surface area contributed by atoms with Crippen molar-refractivity contribution in [2.75, 3.05) is 6.54 Å². The van der Waals surface area contributed by atoms with Gasteiger partial charge in [0.15, 0.2) is 7.85 Å². The zero-order valence-electron chi connectivity index (χ0n) is 12.3. The van der Waals surface area contributed by atoms with Crippen LogP contribution in [-0.2, 0) is 14.4 Å². The van der Waals surface area contributed by atoms with E-state index in [2.05, 4.69) is 0 Å². The summed E-state index contributed by atoms with van der Waals surface area (Å²) in [6, 6.07) is 6.27. The van der Waals surface area contributed by atoms with Crippen LogP contribution in [0.25, 0.3) is 6.08 Å². The maximum absolute atomic E-state index is 12.3. The third-order valence-electron chi connectivity index (χ3n) is 3.49. The van der Waals surface area contributed by atoms with Crippen LogP contribution in [0.3, 0.4) is 0 Å². The third kappa shape index (κ3) is 3.84. The summed E-state index contributed by atoms with van der Waals surface area (Å²) in [5.74, 6) is -0.269. The normalized spacial score (nSPS) is 17.7. The van der Waals surface area contributed by atoms with Crippen LogP contribution in [0.15, 0.2) is 30.3 Å². The molecule has 0 spiro atoms. The summed E-state index contributed by atoms with van der Waals surface area (Å²) in [6.07, 6.45) is 4.06. The predicted octanol–water partition coefficient (Wildman–Crippen LogP) is 1.31. The number of amides is 1. The molecule has 0 N–H and O–H groups in total. The van der Waals surface area contributed by atoms with Crippen LogP contribution >= 0.6 is 0 Å². The Morgan fingerprint density at radius 2 is 2.05 bits per heavy atom. The molecule has 1 saturated heterocycles. The Morgan fingerprint density at radius 3 is 2.73 bits per heavy atom. The molecule has 0 aromatic heterocycles. The van der Waals surface area contributed by atoms with Crippen LogP contribution in [0.2, 0.25) is 0 Å². The molecule has 1 fully saturated rings. The maximum atomic E-state index is 12.3. The van der Waals surface area contributed by atoms with Gasteiger partial charge in [-0.15, -0.1) is 0 Å². The van der Waals surface area contributed by atoms with Gasteiger partial charge in [-0.2, -0.15) is 0 Å². The molecule has 6 heteroatoms. The van der Waals surface area contributed by atoms with E-state index >= 15 is 0 Å². The van der Waals surface area contributed by atoms with Crippen molar-refractivity contribution >= 4 is 31.5 Å². The van der Waals surface area contributed by atoms with Crippen LogP contribution in [0, 0.1) is 0 Å². The number of ether oxygens (including phenoxy) is 1. The molecule has 112 valence electrons. The van der Waals surface area contributed by atoms with E-state index in [0.717, 1.165) is 6.42 Å². The van der Waals surface area contributed by atoms with E-state index in [-0.39, 0.29) is 5.91 Å². The molecule has 0 bridgehead atoms. The quantitative estimate of drug-likeness (QED) is 0.364. The first-order valence-electron chi connectivity index (χ1n) is 7.04. The lowest BCUT2D eigenvalue weighted by molar-refractivity contribution is -0.145. The van der Waals surface area contributed by atoms with Gasteiger partial charge in [-0.3, -0.25) is 4.79 Å². The minimum atomic E-state index is -0.584. The lowest BCUT2D eigenvalue weighted by atomic mass is 10.0. The Labute approximate surface area is 130 Å². The van der Waals surface area contributed by atoms with Gasteiger partial charge < -0.3 is 14.4 Å². The van der Waals surface area contributed by atoms with E-state index in [1.165, 1.54) is 24.0 Å². The summed E-state index contributed by atoms with van der Waals surface area (Å²) in [5.41, 5.74) is -0.0123. The number of carbonyl (C=O) groups is 3. The number of hydrogen-bond donors (Lipinski definition) is 0. The number of para-hydroxylation sites is 1. The molecule has 1 amide bonds. The van der Waals surface area contributed by atoms with E-state index in [0.29, 0.717) is 24.3 Å². The van der Waals surface area contributed by atoms with Crippen molar-refractivity contribution in [3.63, 3.8) is 0 Å². The molecule has 0 aliphatic carbocycles. The monoisotopic (exact) mass is 297 g/mol. The molecular weight excluding hydrogens is 281 g/mol. The number of hydrogen-bond acceptors (Lipinski definition) is 4. The molecule has 2 radical (unpaired) electrons. The Kier molecular flexibility index (Phi) is 5.14. The number of esters is 1. The van der Waals surface area contributed by atoms with Crippen molar-refractivity contribution < 1.29 is 19.1 Å². The molecular formula is C16H16BNO4. The summed E-state index contributed by atoms with van der Waals surface area (Å²) in [4.78, 5) is 36.1. The van der Waals surface area contributed by atoms with Gasteiger partial charge in [-0.25, -0.2) is 4.79 Å². The highest BCUT2D eigenvalue weighted by Crippen LogP contribution is 2.23. The van der Waals surface area contributed by atoms with Crippen molar-refractivity contribution in [2.45, 2.75) is 25.8 Å². The highest BCUT2D eigenvalue weighted by atomic mass is 16.5. The predicted molar refractivity (Wildman–Crippen MR) is 82.3 cm³/mol. The zero-order valence-corrected chi connectivity index (χ0v) is 12.3. The Morgan fingerprint density at radius 1 is 1.32 bits per heavy atom. The molecule has 1 heterocycles. The fourth-order valence-corrected chi connectivity index (χ4v) is 2.45. The number of benzene rings is 1. The first-order chi connectivity index (χ1) is 10.5. The van der Waals surface area contributed by atoms with Gasteiger partial charge in [-0.05, 0) is 31.1 Å². The molecule has 2 rings (SSSR count). The molecule has 1 aromatic carbocycles. The second-order valence-corrected chi connectivity index (χ2v) is 5.07. The summed E-state index contributed by atoms with van der Waals surface area (Å²) >= 11 is 0. The van der Waals surface area contributed by atoms with Gasteiger partial charge in [0.05, 0.1) is 5.68 Å². The molecule has 1 aromatic rings. The average molecular weight is 297 g/mol. The average Bonchev–Trinajstić information content (AvgIpc) is 2.96.